The first kappa shape index (κ1) is 12.8. The Kier molecular flexibility index (Phi) is 6.83. The van der Waals surface area contributed by atoms with E-state index >= 15 is 0 Å². The molecule has 0 aromatic rings. The standard InChI is InChI=1S/C4H11NO.C3H4O2/c1-4(2,5)3-6;1-2-3(4)5/h6H,3,5H2,1-2H3;2H,1H2,(H,4,5). The van der Waals surface area contributed by atoms with E-state index in [1.54, 1.807) is 13.8 Å². The van der Waals surface area contributed by atoms with Crippen LogP contribution in [0.4, 0.5) is 0 Å². The van der Waals surface area contributed by atoms with Gasteiger partial charge in [-0.3, -0.25) is 0 Å². The average Bonchev–Trinajstić information content (AvgIpc) is 1.88. The zero-order valence-electron chi connectivity index (χ0n) is 6.87. The van der Waals surface area contributed by atoms with E-state index in [2.05, 4.69) is 6.58 Å². The smallest absolute Gasteiger partial charge is 0.327 e. The Bertz CT molecular complexity index is 126. The molecule has 0 atom stereocenters. The Balaban J connectivity index is 0. The summed E-state index contributed by atoms with van der Waals surface area (Å²) < 4.78 is 0. The van der Waals surface area contributed by atoms with Gasteiger partial charge in [0.1, 0.15) is 0 Å². The van der Waals surface area contributed by atoms with E-state index < -0.39 is 11.5 Å². The summed E-state index contributed by atoms with van der Waals surface area (Å²) in [4.78, 5) is 9.25. The Hall–Kier alpha value is -0.870. The van der Waals surface area contributed by atoms with E-state index in [4.69, 9.17) is 15.9 Å². The lowest BCUT2D eigenvalue weighted by atomic mass is 10.1. The van der Waals surface area contributed by atoms with Gasteiger partial charge in [-0.1, -0.05) is 6.58 Å². The van der Waals surface area contributed by atoms with Crippen LogP contribution in [0.15, 0.2) is 12.7 Å². The summed E-state index contributed by atoms with van der Waals surface area (Å²) in [5.41, 5.74) is 4.88. The Morgan fingerprint density at radius 3 is 1.91 bits per heavy atom. The molecule has 4 N–H and O–H groups in total. The van der Waals surface area contributed by atoms with Crippen LogP contribution in [0.1, 0.15) is 13.8 Å². The van der Waals surface area contributed by atoms with Crippen molar-refractivity contribution in [2.45, 2.75) is 19.4 Å². The number of hydrogen-bond donors (Lipinski definition) is 3. The lowest BCUT2D eigenvalue weighted by Crippen LogP contribution is -2.35. The molecule has 0 fully saturated rings. The van der Waals surface area contributed by atoms with Gasteiger partial charge in [-0.2, -0.15) is 0 Å². The van der Waals surface area contributed by atoms with Gasteiger partial charge >= 0.3 is 5.97 Å². The zero-order chi connectivity index (χ0) is 9.49. The summed E-state index contributed by atoms with van der Waals surface area (Å²) in [7, 11) is 0. The fourth-order valence-corrected chi connectivity index (χ4v) is 0. The van der Waals surface area contributed by atoms with E-state index in [9.17, 15) is 4.79 Å². The van der Waals surface area contributed by atoms with Crippen molar-refractivity contribution in [3.63, 3.8) is 0 Å². The SMILES string of the molecule is C=CC(=O)O.CC(C)(N)CO. The van der Waals surface area contributed by atoms with Crippen molar-refractivity contribution in [2.24, 2.45) is 5.73 Å². The summed E-state index contributed by atoms with van der Waals surface area (Å²) in [5.74, 6) is -0.981. The highest BCUT2D eigenvalue weighted by Crippen LogP contribution is 1.89. The Morgan fingerprint density at radius 1 is 1.73 bits per heavy atom. The average molecular weight is 161 g/mol. The minimum absolute atomic E-state index is 0.0486. The van der Waals surface area contributed by atoms with Gasteiger partial charge in [0, 0.05) is 11.6 Å². The highest BCUT2D eigenvalue weighted by atomic mass is 16.4. The summed E-state index contributed by atoms with van der Waals surface area (Å²) in [5, 5.41) is 15.9. The molecular formula is C7H15NO3. The fourth-order valence-electron chi connectivity index (χ4n) is 0. The first-order chi connectivity index (χ1) is 4.83. The van der Waals surface area contributed by atoms with E-state index in [1.807, 2.05) is 0 Å². The molecule has 0 amide bonds. The third kappa shape index (κ3) is 27.2. The quantitative estimate of drug-likeness (QED) is 0.497. The van der Waals surface area contributed by atoms with Gasteiger partial charge in [-0.25, -0.2) is 4.79 Å². The number of aliphatic hydroxyl groups excluding tert-OH is 1. The molecule has 0 heterocycles. The number of aliphatic hydroxyl groups is 1. The molecule has 0 radical (unpaired) electrons. The maximum atomic E-state index is 9.25. The van der Waals surface area contributed by atoms with E-state index in [0.717, 1.165) is 6.08 Å². The molecule has 0 spiro atoms. The number of rotatable bonds is 2. The molecule has 0 rings (SSSR count). The minimum Gasteiger partial charge on any atom is -0.478 e. The van der Waals surface area contributed by atoms with Gasteiger partial charge in [-0.05, 0) is 13.8 Å². The maximum Gasteiger partial charge on any atom is 0.327 e. The van der Waals surface area contributed by atoms with E-state index in [-0.39, 0.29) is 6.61 Å². The number of carboxylic acid groups (broad SMARTS) is 1. The van der Waals surface area contributed by atoms with Gasteiger partial charge in [0.2, 0.25) is 0 Å². The van der Waals surface area contributed by atoms with E-state index in [0.29, 0.717) is 0 Å². The van der Waals surface area contributed by atoms with Crippen LogP contribution in [0.25, 0.3) is 0 Å². The molecule has 4 nitrogen and oxygen atoms in total. The summed E-state index contributed by atoms with van der Waals surface area (Å²) in [6, 6.07) is 0. The highest BCUT2D eigenvalue weighted by Gasteiger charge is 2.05. The summed E-state index contributed by atoms with van der Waals surface area (Å²) in [6.45, 7) is 6.55. The molecule has 0 aromatic heterocycles. The Morgan fingerprint density at radius 2 is 1.91 bits per heavy atom. The second-order valence-electron chi connectivity index (χ2n) is 2.69. The monoisotopic (exact) mass is 161 g/mol. The lowest BCUT2D eigenvalue weighted by Gasteiger charge is -2.12. The van der Waals surface area contributed by atoms with Gasteiger partial charge in [0.05, 0.1) is 6.61 Å². The third-order valence-electron chi connectivity index (χ3n) is 0.582. The number of hydrogen-bond acceptors (Lipinski definition) is 3. The molecule has 11 heavy (non-hydrogen) atoms. The van der Waals surface area contributed by atoms with Crippen LogP contribution in [0.3, 0.4) is 0 Å². The Labute approximate surface area is 66.3 Å². The van der Waals surface area contributed by atoms with Crippen LogP contribution in [-0.2, 0) is 4.79 Å². The molecule has 0 unspecified atom stereocenters. The third-order valence-corrected chi connectivity index (χ3v) is 0.582. The molecule has 66 valence electrons. The zero-order valence-corrected chi connectivity index (χ0v) is 6.87. The predicted molar refractivity (Wildman–Crippen MR) is 43.2 cm³/mol. The molecule has 4 heteroatoms. The number of carboxylic acids is 1. The predicted octanol–water partition coefficient (Wildman–Crippen LogP) is -0.0270. The van der Waals surface area contributed by atoms with Crippen LogP contribution in [-0.4, -0.2) is 28.3 Å². The largest absolute Gasteiger partial charge is 0.478 e. The first-order valence-electron chi connectivity index (χ1n) is 3.08. The topological polar surface area (TPSA) is 83.5 Å². The van der Waals surface area contributed by atoms with Gasteiger partial charge in [-0.15, -0.1) is 0 Å². The van der Waals surface area contributed by atoms with Crippen LogP contribution in [0, 0.1) is 0 Å². The molecule has 0 aliphatic heterocycles. The van der Waals surface area contributed by atoms with Crippen molar-refractivity contribution < 1.29 is 15.0 Å². The van der Waals surface area contributed by atoms with Crippen molar-refractivity contribution >= 4 is 5.97 Å². The minimum atomic E-state index is -0.981. The van der Waals surface area contributed by atoms with Crippen LogP contribution in [0.2, 0.25) is 0 Å². The molecule has 0 aromatic carbocycles. The maximum absolute atomic E-state index is 9.25. The van der Waals surface area contributed by atoms with Crippen molar-refractivity contribution in [3.8, 4) is 0 Å². The normalized spacial score (nSPS) is 9.45. The molecule has 0 saturated heterocycles. The summed E-state index contributed by atoms with van der Waals surface area (Å²) in [6.07, 6.45) is 0.833. The van der Waals surface area contributed by atoms with Crippen molar-refractivity contribution in [2.75, 3.05) is 6.61 Å². The van der Waals surface area contributed by atoms with Crippen molar-refractivity contribution in [3.05, 3.63) is 12.7 Å². The second kappa shape index (κ2) is 5.88. The first-order valence-corrected chi connectivity index (χ1v) is 3.08. The fraction of sp³-hybridized carbons (Fsp3) is 0.571. The van der Waals surface area contributed by atoms with Crippen LogP contribution in [0.5, 0.6) is 0 Å². The van der Waals surface area contributed by atoms with Crippen LogP contribution >= 0.6 is 0 Å². The summed E-state index contributed by atoms with van der Waals surface area (Å²) >= 11 is 0. The second-order valence-corrected chi connectivity index (χ2v) is 2.69. The highest BCUT2D eigenvalue weighted by molar-refractivity contribution is 5.78. The lowest BCUT2D eigenvalue weighted by molar-refractivity contribution is -0.131. The molecule has 0 aliphatic carbocycles. The van der Waals surface area contributed by atoms with Crippen LogP contribution < -0.4 is 5.73 Å². The van der Waals surface area contributed by atoms with Crippen molar-refractivity contribution in [1.82, 2.24) is 0 Å². The molecular weight excluding hydrogens is 146 g/mol. The van der Waals surface area contributed by atoms with Gasteiger partial charge in [0.15, 0.2) is 0 Å². The van der Waals surface area contributed by atoms with E-state index in [1.165, 1.54) is 0 Å². The molecule has 0 bridgehead atoms. The van der Waals surface area contributed by atoms with Gasteiger partial charge < -0.3 is 15.9 Å². The number of carbonyl (C=O) groups is 1. The van der Waals surface area contributed by atoms with Crippen molar-refractivity contribution in [1.29, 1.82) is 0 Å². The van der Waals surface area contributed by atoms with Gasteiger partial charge in [0.25, 0.3) is 0 Å². The number of nitrogens with two attached hydrogens (primary N) is 1. The molecule has 0 saturated carbocycles. The number of aliphatic carboxylic acids is 1. The molecule has 0 aliphatic rings.